The zero-order chi connectivity index (χ0) is 14.3. The summed E-state index contributed by atoms with van der Waals surface area (Å²) in [5.41, 5.74) is 5.56. The minimum Gasteiger partial charge on any atom is -0.484 e. The van der Waals surface area contributed by atoms with E-state index in [2.05, 4.69) is 4.72 Å². The van der Waals surface area contributed by atoms with Crippen LogP contribution in [0.1, 0.15) is 19.8 Å². The normalized spacial score (nSPS) is 11.0. The van der Waals surface area contributed by atoms with Gasteiger partial charge in [-0.1, -0.05) is 25.5 Å². The number of para-hydroxylation sites is 2. The summed E-state index contributed by atoms with van der Waals surface area (Å²) in [7, 11) is -3.37. The lowest BCUT2D eigenvalue weighted by atomic mass is 10.3. The van der Waals surface area contributed by atoms with E-state index in [1.165, 1.54) is 0 Å². The Morgan fingerprint density at radius 2 is 2.11 bits per heavy atom. The van der Waals surface area contributed by atoms with Gasteiger partial charge in [0.15, 0.2) is 0 Å². The molecule has 0 saturated heterocycles. The van der Waals surface area contributed by atoms with Crippen LogP contribution in [0.25, 0.3) is 0 Å². The van der Waals surface area contributed by atoms with Crippen molar-refractivity contribution in [1.29, 1.82) is 5.41 Å². The van der Waals surface area contributed by atoms with Gasteiger partial charge < -0.3 is 10.5 Å². The molecule has 0 aromatic heterocycles. The maximum absolute atomic E-state index is 11.8. The van der Waals surface area contributed by atoms with Gasteiger partial charge in [0, 0.05) is 0 Å². The molecule has 106 valence electrons. The van der Waals surface area contributed by atoms with Crippen molar-refractivity contribution in [3.8, 4) is 5.75 Å². The van der Waals surface area contributed by atoms with E-state index in [0.29, 0.717) is 17.9 Å². The van der Waals surface area contributed by atoms with Crippen molar-refractivity contribution in [2.75, 3.05) is 17.1 Å². The van der Waals surface area contributed by atoms with Gasteiger partial charge in [-0.3, -0.25) is 10.1 Å². The van der Waals surface area contributed by atoms with Crippen LogP contribution in [0.15, 0.2) is 24.3 Å². The molecule has 0 heterocycles. The van der Waals surface area contributed by atoms with Crippen LogP contribution in [-0.2, 0) is 10.0 Å². The second kappa shape index (κ2) is 6.98. The minimum atomic E-state index is -3.37. The Morgan fingerprint density at radius 1 is 1.42 bits per heavy atom. The van der Waals surface area contributed by atoms with Crippen molar-refractivity contribution in [3.63, 3.8) is 0 Å². The summed E-state index contributed by atoms with van der Waals surface area (Å²) >= 11 is 0. The number of nitrogens with one attached hydrogen (secondary N) is 2. The van der Waals surface area contributed by atoms with E-state index in [-0.39, 0.29) is 18.2 Å². The average molecular weight is 285 g/mol. The van der Waals surface area contributed by atoms with Crippen LogP contribution in [0.5, 0.6) is 5.75 Å². The molecule has 0 radical (unpaired) electrons. The number of rotatable bonds is 8. The van der Waals surface area contributed by atoms with Gasteiger partial charge in [-0.2, -0.15) is 0 Å². The van der Waals surface area contributed by atoms with Gasteiger partial charge in [-0.25, -0.2) is 8.42 Å². The lowest BCUT2D eigenvalue weighted by Crippen LogP contribution is -2.21. The maximum atomic E-state index is 11.8. The van der Waals surface area contributed by atoms with Crippen molar-refractivity contribution in [2.24, 2.45) is 5.73 Å². The topological polar surface area (TPSA) is 105 Å². The fraction of sp³-hybridized carbons (Fsp3) is 0.417. The molecule has 0 bridgehead atoms. The highest BCUT2D eigenvalue weighted by atomic mass is 32.2. The average Bonchev–Trinajstić information content (AvgIpc) is 2.35. The first-order valence-electron chi connectivity index (χ1n) is 6.00. The smallest absolute Gasteiger partial charge is 0.232 e. The van der Waals surface area contributed by atoms with E-state index in [0.717, 1.165) is 6.42 Å². The van der Waals surface area contributed by atoms with Crippen molar-refractivity contribution in [3.05, 3.63) is 24.3 Å². The van der Waals surface area contributed by atoms with Crippen LogP contribution in [-0.4, -0.2) is 26.6 Å². The number of nitrogens with two attached hydrogens (primary N) is 1. The molecule has 0 atom stereocenters. The Balaban J connectivity index is 2.80. The highest BCUT2D eigenvalue weighted by Gasteiger charge is 2.12. The molecular weight excluding hydrogens is 266 g/mol. The molecule has 0 spiro atoms. The molecule has 6 nitrogen and oxygen atoms in total. The van der Waals surface area contributed by atoms with Crippen molar-refractivity contribution in [1.82, 2.24) is 0 Å². The maximum Gasteiger partial charge on any atom is 0.232 e. The Morgan fingerprint density at radius 3 is 2.74 bits per heavy atom. The number of hydrogen-bond acceptors (Lipinski definition) is 4. The lowest BCUT2D eigenvalue weighted by Gasteiger charge is -2.12. The number of unbranched alkanes of at least 4 members (excludes halogenated alkanes) is 1. The Kier molecular flexibility index (Phi) is 5.62. The van der Waals surface area contributed by atoms with Crippen LogP contribution >= 0.6 is 0 Å². The third-order valence-electron chi connectivity index (χ3n) is 2.30. The fourth-order valence-corrected chi connectivity index (χ4v) is 2.66. The summed E-state index contributed by atoms with van der Waals surface area (Å²) in [4.78, 5) is 0. The van der Waals surface area contributed by atoms with Crippen LogP contribution in [0, 0.1) is 5.41 Å². The van der Waals surface area contributed by atoms with Crippen molar-refractivity contribution < 1.29 is 13.2 Å². The number of sulfonamides is 1. The molecule has 0 unspecified atom stereocenters. The summed E-state index contributed by atoms with van der Waals surface area (Å²) in [5.74, 6) is 0.311. The van der Waals surface area contributed by atoms with E-state index in [4.69, 9.17) is 15.9 Å². The largest absolute Gasteiger partial charge is 0.484 e. The summed E-state index contributed by atoms with van der Waals surface area (Å²) in [6.45, 7) is 1.85. The molecule has 19 heavy (non-hydrogen) atoms. The molecule has 0 saturated carbocycles. The zero-order valence-corrected chi connectivity index (χ0v) is 11.7. The summed E-state index contributed by atoms with van der Waals surface area (Å²) in [6, 6.07) is 6.66. The molecule has 1 aromatic rings. The Bertz CT molecular complexity index is 529. The zero-order valence-electron chi connectivity index (χ0n) is 10.8. The van der Waals surface area contributed by atoms with E-state index in [1.807, 2.05) is 6.92 Å². The summed E-state index contributed by atoms with van der Waals surface area (Å²) < 4.78 is 31.4. The molecule has 1 aromatic carbocycles. The number of benzene rings is 1. The van der Waals surface area contributed by atoms with Gasteiger partial charge in [0.25, 0.3) is 0 Å². The molecule has 0 aliphatic rings. The Labute approximate surface area is 113 Å². The number of anilines is 1. The minimum absolute atomic E-state index is 0.0740. The summed E-state index contributed by atoms with van der Waals surface area (Å²) in [6.07, 6.45) is 1.41. The molecule has 0 amide bonds. The number of amidine groups is 1. The van der Waals surface area contributed by atoms with E-state index >= 15 is 0 Å². The first-order valence-corrected chi connectivity index (χ1v) is 7.65. The molecular formula is C12H19N3O3S. The van der Waals surface area contributed by atoms with Crippen molar-refractivity contribution in [2.45, 2.75) is 19.8 Å². The molecule has 1 rings (SSSR count). The second-order valence-electron chi connectivity index (χ2n) is 4.08. The predicted molar refractivity (Wildman–Crippen MR) is 76.2 cm³/mol. The highest BCUT2D eigenvalue weighted by Crippen LogP contribution is 2.24. The summed E-state index contributed by atoms with van der Waals surface area (Å²) in [5, 5.41) is 7.10. The highest BCUT2D eigenvalue weighted by molar-refractivity contribution is 7.92. The monoisotopic (exact) mass is 285 g/mol. The van der Waals surface area contributed by atoms with Crippen LogP contribution in [0.2, 0.25) is 0 Å². The first-order chi connectivity index (χ1) is 8.94. The van der Waals surface area contributed by atoms with Gasteiger partial charge in [-0.15, -0.1) is 0 Å². The van der Waals surface area contributed by atoms with Gasteiger partial charge in [0.1, 0.15) is 18.2 Å². The van der Waals surface area contributed by atoms with Gasteiger partial charge in [-0.05, 0) is 18.6 Å². The van der Waals surface area contributed by atoms with Crippen molar-refractivity contribution >= 4 is 21.5 Å². The quantitative estimate of drug-likeness (QED) is 0.497. The first kappa shape index (κ1) is 15.3. The van der Waals surface area contributed by atoms with E-state index < -0.39 is 10.0 Å². The predicted octanol–water partition coefficient (Wildman–Crippen LogP) is 1.54. The lowest BCUT2D eigenvalue weighted by molar-refractivity contribution is 0.376. The molecule has 4 N–H and O–H groups in total. The van der Waals surface area contributed by atoms with Crippen LogP contribution in [0.4, 0.5) is 5.69 Å². The van der Waals surface area contributed by atoms with Gasteiger partial charge >= 0.3 is 0 Å². The van der Waals surface area contributed by atoms with Gasteiger partial charge in [0.05, 0.1) is 11.4 Å². The number of ether oxygens (including phenoxy) is 1. The number of hydrogen-bond donors (Lipinski definition) is 3. The fourth-order valence-electron chi connectivity index (χ4n) is 1.39. The van der Waals surface area contributed by atoms with E-state index in [1.54, 1.807) is 24.3 Å². The molecule has 0 fully saturated rings. The van der Waals surface area contributed by atoms with Crippen LogP contribution < -0.4 is 15.2 Å². The third kappa shape index (κ3) is 5.60. The molecule has 0 aliphatic heterocycles. The molecule has 7 heteroatoms. The SMILES string of the molecule is CCCCS(=O)(=O)Nc1ccccc1OCC(=N)N. The standard InChI is InChI=1S/C12H19N3O3S/c1-2-3-8-19(16,17)15-10-6-4-5-7-11(10)18-9-12(13)14/h4-7,15H,2-3,8-9H2,1H3,(H3,13,14). The Hall–Kier alpha value is -1.76. The van der Waals surface area contributed by atoms with Gasteiger partial charge in [0.2, 0.25) is 10.0 Å². The molecule has 0 aliphatic carbocycles. The second-order valence-corrected chi connectivity index (χ2v) is 5.93. The van der Waals surface area contributed by atoms with E-state index in [9.17, 15) is 8.42 Å². The van der Waals surface area contributed by atoms with Crippen LogP contribution in [0.3, 0.4) is 0 Å². The third-order valence-corrected chi connectivity index (χ3v) is 3.66.